The summed E-state index contributed by atoms with van der Waals surface area (Å²) in [6.07, 6.45) is 7.34. The van der Waals surface area contributed by atoms with Gasteiger partial charge in [-0.3, -0.25) is 9.36 Å². The Bertz CT molecular complexity index is 1530. The molecular formula is C22H19N7O2S. The Hall–Kier alpha value is -3.40. The first-order valence-electron chi connectivity index (χ1n) is 10.7. The van der Waals surface area contributed by atoms with Crippen LogP contribution in [0.3, 0.4) is 0 Å². The number of rotatable bonds is 4. The highest BCUT2D eigenvalue weighted by molar-refractivity contribution is 7.13. The van der Waals surface area contributed by atoms with Crippen molar-refractivity contribution in [2.45, 2.75) is 31.2 Å². The lowest BCUT2D eigenvalue weighted by Crippen LogP contribution is -2.22. The number of aryl methyl sites for hydroxylation is 1. The average Bonchev–Trinajstić information content (AvgIpc) is 3.38. The molecule has 0 bridgehead atoms. The highest BCUT2D eigenvalue weighted by Gasteiger charge is 2.58. The molecule has 4 aromatic heterocycles. The van der Waals surface area contributed by atoms with Crippen molar-refractivity contribution in [2.75, 3.05) is 0 Å². The van der Waals surface area contributed by atoms with E-state index in [4.69, 9.17) is 4.52 Å². The maximum atomic E-state index is 12.7. The van der Waals surface area contributed by atoms with E-state index < -0.39 is 0 Å². The standard InChI is InChI=1S/C22H19N7O2S/c1-28-9-23-21-19(28)22(30)29(10-24-21)8-17-26-20(27-31-17)18-14-5-12(6-15(14)18)11-2-3-16-13(4-11)7-25-32-16/h2-4,7,9-10,12,14-15,18H,5-6,8H2,1H3/t12?,14-,15+,18+. The number of imidazole rings is 1. The Balaban J connectivity index is 1.07. The minimum Gasteiger partial charge on any atom is -0.337 e. The molecule has 4 heterocycles. The topological polar surface area (TPSA) is 105 Å². The molecule has 2 aliphatic carbocycles. The number of fused-ring (bicyclic) bond motifs is 3. The first-order valence-corrected chi connectivity index (χ1v) is 11.5. The molecule has 7 rings (SSSR count). The van der Waals surface area contributed by atoms with Crippen molar-refractivity contribution >= 4 is 32.8 Å². The van der Waals surface area contributed by atoms with Crippen LogP contribution in [0.15, 0.2) is 46.4 Å². The zero-order valence-corrected chi connectivity index (χ0v) is 18.1. The summed E-state index contributed by atoms with van der Waals surface area (Å²) in [4.78, 5) is 25.7. The van der Waals surface area contributed by atoms with Crippen LogP contribution in [0.1, 0.15) is 42.0 Å². The summed E-state index contributed by atoms with van der Waals surface area (Å²) in [5, 5.41) is 5.48. The SMILES string of the molecule is Cn1cnc2ncn(Cc3nc([C@H]4[C@@H]5CC(c6ccc7sncc7c6)C[C@@H]54)no3)c(=O)c21. The van der Waals surface area contributed by atoms with E-state index in [1.807, 2.05) is 6.20 Å². The Morgan fingerprint density at radius 1 is 1.19 bits per heavy atom. The van der Waals surface area contributed by atoms with Crippen molar-refractivity contribution < 1.29 is 4.52 Å². The highest BCUT2D eigenvalue weighted by atomic mass is 32.1. The van der Waals surface area contributed by atoms with E-state index in [0.29, 0.717) is 40.7 Å². The van der Waals surface area contributed by atoms with Gasteiger partial charge in [-0.05, 0) is 59.8 Å². The monoisotopic (exact) mass is 445 g/mol. The van der Waals surface area contributed by atoms with E-state index in [-0.39, 0.29) is 12.1 Å². The van der Waals surface area contributed by atoms with Crippen LogP contribution in [0, 0.1) is 11.8 Å². The maximum absolute atomic E-state index is 12.7. The number of hydrogen-bond acceptors (Lipinski definition) is 8. The molecule has 0 N–H and O–H groups in total. The lowest BCUT2D eigenvalue weighted by molar-refractivity contribution is 0.363. The molecule has 1 unspecified atom stereocenters. The molecule has 160 valence electrons. The van der Waals surface area contributed by atoms with Gasteiger partial charge in [0.2, 0.25) is 5.89 Å². The van der Waals surface area contributed by atoms with E-state index in [9.17, 15) is 4.79 Å². The third kappa shape index (κ3) is 2.68. The quantitative estimate of drug-likeness (QED) is 0.419. The van der Waals surface area contributed by atoms with E-state index in [0.717, 1.165) is 18.7 Å². The van der Waals surface area contributed by atoms with Gasteiger partial charge in [-0.1, -0.05) is 11.2 Å². The molecular weight excluding hydrogens is 426 g/mol. The first-order chi connectivity index (χ1) is 15.7. The minimum atomic E-state index is -0.168. The van der Waals surface area contributed by atoms with Crippen molar-refractivity contribution in [3.05, 3.63) is 64.7 Å². The Labute approximate surface area is 185 Å². The van der Waals surface area contributed by atoms with Gasteiger partial charge in [-0.2, -0.15) is 9.36 Å². The Morgan fingerprint density at radius 3 is 2.91 bits per heavy atom. The van der Waals surface area contributed by atoms with Gasteiger partial charge < -0.3 is 9.09 Å². The molecule has 0 radical (unpaired) electrons. The smallest absolute Gasteiger partial charge is 0.280 e. The van der Waals surface area contributed by atoms with Gasteiger partial charge in [-0.25, -0.2) is 9.97 Å². The maximum Gasteiger partial charge on any atom is 0.280 e. The van der Waals surface area contributed by atoms with Gasteiger partial charge in [0, 0.05) is 24.5 Å². The average molecular weight is 446 g/mol. The fourth-order valence-corrected chi connectivity index (χ4v) is 6.06. The molecule has 5 aromatic rings. The molecule has 0 aliphatic heterocycles. The fourth-order valence-electron chi connectivity index (χ4n) is 5.44. The molecule has 4 atom stereocenters. The molecule has 0 saturated heterocycles. The Kier molecular flexibility index (Phi) is 3.73. The van der Waals surface area contributed by atoms with Gasteiger partial charge in [0.25, 0.3) is 5.56 Å². The van der Waals surface area contributed by atoms with Crippen LogP contribution in [0.4, 0.5) is 0 Å². The van der Waals surface area contributed by atoms with Crippen LogP contribution < -0.4 is 5.56 Å². The van der Waals surface area contributed by atoms with Crippen LogP contribution >= 0.6 is 11.5 Å². The number of aromatic nitrogens is 7. The second kappa shape index (κ2) is 6.55. The zero-order chi connectivity index (χ0) is 21.4. The lowest BCUT2D eigenvalue weighted by atomic mass is 9.91. The van der Waals surface area contributed by atoms with Crippen LogP contribution in [-0.2, 0) is 13.6 Å². The van der Waals surface area contributed by atoms with E-state index in [1.165, 1.54) is 26.5 Å². The molecule has 10 heteroatoms. The first kappa shape index (κ1) is 18.2. The summed E-state index contributed by atoms with van der Waals surface area (Å²) in [7, 11) is 1.78. The normalized spacial score (nSPS) is 24.4. The molecule has 0 amide bonds. The van der Waals surface area contributed by atoms with Crippen molar-refractivity contribution in [2.24, 2.45) is 18.9 Å². The van der Waals surface area contributed by atoms with Crippen molar-refractivity contribution in [1.29, 1.82) is 0 Å². The van der Waals surface area contributed by atoms with Gasteiger partial charge >= 0.3 is 0 Å². The fraction of sp³-hybridized carbons (Fsp3) is 0.364. The number of hydrogen-bond donors (Lipinski definition) is 0. The molecule has 32 heavy (non-hydrogen) atoms. The summed E-state index contributed by atoms with van der Waals surface area (Å²) in [5.74, 6) is 3.38. The second-order valence-electron chi connectivity index (χ2n) is 8.90. The van der Waals surface area contributed by atoms with Gasteiger partial charge in [-0.15, -0.1) is 0 Å². The lowest BCUT2D eigenvalue weighted by Gasteiger charge is -2.13. The van der Waals surface area contributed by atoms with Gasteiger partial charge in [0.15, 0.2) is 17.0 Å². The van der Waals surface area contributed by atoms with E-state index in [2.05, 4.69) is 42.7 Å². The van der Waals surface area contributed by atoms with E-state index in [1.54, 1.807) is 29.5 Å². The van der Waals surface area contributed by atoms with Crippen molar-refractivity contribution in [3.8, 4) is 0 Å². The summed E-state index contributed by atoms with van der Waals surface area (Å²) < 4.78 is 14.2. The minimum absolute atomic E-state index is 0.168. The van der Waals surface area contributed by atoms with E-state index >= 15 is 0 Å². The molecule has 2 saturated carbocycles. The third-order valence-electron chi connectivity index (χ3n) is 7.08. The summed E-state index contributed by atoms with van der Waals surface area (Å²) in [5.41, 5.74) is 2.15. The molecule has 1 aromatic carbocycles. The predicted molar refractivity (Wildman–Crippen MR) is 117 cm³/mol. The van der Waals surface area contributed by atoms with Crippen LogP contribution in [0.25, 0.3) is 21.3 Å². The summed E-state index contributed by atoms with van der Waals surface area (Å²) in [6, 6.07) is 6.73. The zero-order valence-electron chi connectivity index (χ0n) is 17.3. The third-order valence-corrected chi connectivity index (χ3v) is 7.86. The van der Waals surface area contributed by atoms with Gasteiger partial charge in [0.1, 0.15) is 12.9 Å². The summed E-state index contributed by atoms with van der Waals surface area (Å²) >= 11 is 1.54. The molecule has 2 aliphatic rings. The van der Waals surface area contributed by atoms with Crippen molar-refractivity contribution in [1.82, 2.24) is 33.6 Å². The molecule has 2 fully saturated rings. The molecule has 0 spiro atoms. The predicted octanol–water partition coefficient (Wildman–Crippen LogP) is 3.08. The second-order valence-corrected chi connectivity index (χ2v) is 9.73. The van der Waals surface area contributed by atoms with Gasteiger partial charge in [0.05, 0.1) is 11.0 Å². The number of nitrogens with zero attached hydrogens (tertiary/aromatic N) is 7. The number of benzene rings is 1. The molecule has 9 nitrogen and oxygen atoms in total. The summed E-state index contributed by atoms with van der Waals surface area (Å²) in [6.45, 7) is 0.208. The largest absolute Gasteiger partial charge is 0.337 e. The highest BCUT2D eigenvalue weighted by Crippen LogP contribution is 2.66. The van der Waals surface area contributed by atoms with Crippen LogP contribution in [0.2, 0.25) is 0 Å². The van der Waals surface area contributed by atoms with Crippen LogP contribution in [-0.4, -0.2) is 33.6 Å². The Morgan fingerprint density at radius 2 is 2.03 bits per heavy atom. The van der Waals surface area contributed by atoms with Crippen LogP contribution in [0.5, 0.6) is 0 Å². The van der Waals surface area contributed by atoms with Crippen molar-refractivity contribution in [3.63, 3.8) is 0 Å².